The number of nitrogens with two attached hydrogens (primary N) is 1. The van der Waals surface area contributed by atoms with Gasteiger partial charge in [0.25, 0.3) is 0 Å². The number of benzene rings is 1. The molecule has 0 aliphatic carbocycles. The lowest BCUT2D eigenvalue weighted by Crippen LogP contribution is -2.27. The van der Waals surface area contributed by atoms with Crippen LogP contribution in [0.25, 0.3) is 0 Å². The van der Waals surface area contributed by atoms with Crippen molar-refractivity contribution in [3.8, 4) is 0 Å². The molecule has 0 aromatic heterocycles. The van der Waals surface area contributed by atoms with Gasteiger partial charge >= 0.3 is 5.97 Å². The van der Waals surface area contributed by atoms with Crippen LogP contribution < -0.4 is 5.73 Å². The van der Waals surface area contributed by atoms with Crippen molar-refractivity contribution < 1.29 is 14.3 Å². The smallest absolute Gasteiger partial charge is 0.308 e. The van der Waals surface area contributed by atoms with Gasteiger partial charge in [0.1, 0.15) is 6.61 Å². The fourth-order valence-electron chi connectivity index (χ4n) is 1.48. The first-order chi connectivity index (χ1) is 8.65. The monoisotopic (exact) mass is 315 g/mol. The molecule has 2 N–H and O–H groups in total. The third kappa shape index (κ3) is 5.62. The predicted octanol–water partition coefficient (Wildman–Crippen LogP) is 2.25. The zero-order chi connectivity index (χ0) is 13.4. The first kappa shape index (κ1) is 15.1. The topological polar surface area (TPSA) is 61.5 Å². The first-order valence-electron chi connectivity index (χ1n) is 5.87. The molecule has 0 radical (unpaired) electrons. The molecule has 0 amide bonds. The summed E-state index contributed by atoms with van der Waals surface area (Å²) >= 11 is 3.36. The van der Waals surface area contributed by atoms with Crippen LogP contribution in [0, 0.1) is 0 Å². The molecule has 0 saturated carbocycles. The van der Waals surface area contributed by atoms with Gasteiger partial charge in [-0.3, -0.25) is 4.79 Å². The maximum absolute atomic E-state index is 11.6. The average molecular weight is 316 g/mol. The van der Waals surface area contributed by atoms with Gasteiger partial charge in [-0.05, 0) is 24.6 Å². The Balaban J connectivity index is 2.36. The number of carbonyl (C=O) groups is 1. The molecule has 1 unspecified atom stereocenters. The highest BCUT2D eigenvalue weighted by Gasteiger charge is 2.13. The highest BCUT2D eigenvalue weighted by atomic mass is 79.9. The number of ether oxygens (including phenoxy) is 2. The molecule has 1 aromatic rings. The molecule has 0 aliphatic heterocycles. The van der Waals surface area contributed by atoms with E-state index in [4.69, 9.17) is 15.2 Å². The van der Waals surface area contributed by atoms with Gasteiger partial charge in [-0.2, -0.15) is 0 Å². The zero-order valence-electron chi connectivity index (χ0n) is 10.4. The molecule has 0 heterocycles. The summed E-state index contributed by atoms with van der Waals surface area (Å²) in [6, 6.07) is 7.64. The van der Waals surface area contributed by atoms with Crippen molar-refractivity contribution in [2.75, 3.05) is 13.2 Å². The van der Waals surface area contributed by atoms with Crippen molar-refractivity contribution in [3.63, 3.8) is 0 Å². The third-order valence-corrected chi connectivity index (χ3v) is 2.84. The minimum absolute atomic E-state index is 0.193. The third-order valence-electron chi connectivity index (χ3n) is 2.35. The molecule has 0 aliphatic rings. The molecule has 100 valence electrons. The lowest BCUT2D eigenvalue weighted by Gasteiger charge is -2.13. The molecule has 1 atom stereocenters. The number of carbonyl (C=O) groups excluding carboxylic acids is 1. The minimum Gasteiger partial charge on any atom is -0.461 e. The Kier molecular flexibility index (Phi) is 6.93. The van der Waals surface area contributed by atoms with Crippen LogP contribution in [0.3, 0.4) is 0 Å². The summed E-state index contributed by atoms with van der Waals surface area (Å²) in [5.41, 5.74) is 6.44. The summed E-state index contributed by atoms with van der Waals surface area (Å²) in [5, 5.41) is 0. The van der Waals surface area contributed by atoms with Gasteiger partial charge in [-0.15, -0.1) is 0 Å². The fourth-order valence-corrected chi connectivity index (χ4v) is 1.93. The predicted molar refractivity (Wildman–Crippen MR) is 73.0 cm³/mol. The van der Waals surface area contributed by atoms with E-state index >= 15 is 0 Å². The van der Waals surface area contributed by atoms with Gasteiger partial charge in [-0.1, -0.05) is 28.1 Å². The molecule has 4 nitrogen and oxygen atoms in total. The van der Waals surface area contributed by atoms with Crippen LogP contribution >= 0.6 is 15.9 Å². The standard InChI is InChI=1S/C13H18BrNO3/c1-2-17-12(8-15)7-13(16)18-9-10-4-3-5-11(14)6-10/h3-6,12H,2,7-9,15H2,1H3. The van der Waals surface area contributed by atoms with E-state index in [0.717, 1.165) is 10.0 Å². The van der Waals surface area contributed by atoms with E-state index in [2.05, 4.69) is 15.9 Å². The second kappa shape index (κ2) is 8.24. The maximum Gasteiger partial charge on any atom is 0.308 e. The molecule has 5 heteroatoms. The van der Waals surface area contributed by atoms with Crippen molar-refractivity contribution in [1.29, 1.82) is 0 Å². The van der Waals surface area contributed by atoms with E-state index < -0.39 is 0 Å². The van der Waals surface area contributed by atoms with Crippen LogP contribution in [0.5, 0.6) is 0 Å². The Labute approximate surface area is 116 Å². The van der Waals surface area contributed by atoms with Crippen molar-refractivity contribution in [2.24, 2.45) is 5.73 Å². The van der Waals surface area contributed by atoms with Crippen molar-refractivity contribution in [1.82, 2.24) is 0 Å². The summed E-state index contributed by atoms with van der Waals surface area (Å²) < 4.78 is 11.4. The summed E-state index contributed by atoms with van der Waals surface area (Å²) in [4.78, 5) is 11.6. The highest BCUT2D eigenvalue weighted by molar-refractivity contribution is 9.10. The van der Waals surface area contributed by atoms with Gasteiger partial charge < -0.3 is 15.2 Å². The molecule has 0 bridgehead atoms. The van der Waals surface area contributed by atoms with E-state index in [1.165, 1.54) is 0 Å². The van der Waals surface area contributed by atoms with Crippen LogP contribution in [0.15, 0.2) is 28.7 Å². The van der Waals surface area contributed by atoms with Crippen LogP contribution in [0.1, 0.15) is 18.9 Å². The Morgan fingerprint density at radius 1 is 1.50 bits per heavy atom. The van der Waals surface area contributed by atoms with Crippen LogP contribution in [-0.4, -0.2) is 25.2 Å². The van der Waals surface area contributed by atoms with E-state index in [9.17, 15) is 4.79 Å². The number of hydrogen-bond donors (Lipinski definition) is 1. The number of hydrogen-bond acceptors (Lipinski definition) is 4. The Hall–Kier alpha value is -0.910. The van der Waals surface area contributed by atoms with E-state index in [0.29, 0.717) is 13.2 Å². The Morgan fingerprint density at radius 3 is 2.89 bits per heavy atom. The molecular formula is C13H18BrNO3. The van der Waals surface area contributed by atoms with Gasteiger partial charge in [0.2, 0.25) is 0 Å². The van der Waals surface area contributed by atoms with Crippen LogP contribution in [-0.2, 0) is 20.9 Å². The van der Waals surface area contributed by atoms with Gasteiger partial charge in [0.15, 0.2) is 0 Å². The number of rotatable bonds is 7. The minimum atomic E-state index is -0.293. The fraction of sp³-hybridized carbons (Fsp3) is 0.462. The number of halogens is 1. The van der Waals surface area contributed by atoms with Gasteiger partial charge in [0.05, 0.1) is 12.5 Å². The van der Waals surface area contributed by atoms with Gasteiger partial charge in [-0.25, -0.2) is 0 Å². The molecular weight excluding hydrogens is 298 g/mol. The normalized spacial score (nSPS) is 12.2. The Bertz CT molecular complexity index is 384. The second-order valence-corrected chi connectivity index (χ2v) is 4.72. The summed E-state index contributed by atoms with van der Waals surface area (Å²) in [6.07, 6.45) is -0.0664. The van der Waals surface area contributed by atoms with E-state index in [1.54, 1.807) is 0 Å². The largest absolute Gasteiger partial charge is 0.461 e. The van der Waals surface area contributed by atoms with Crippen molar-refractivity contribution >= 4 is 21.9 Å². The lowest BCUT2D eigenvalue weighted by molar-refractivity contribution is -0.147. The van der Waals surface area contributed by atoms with Crippen LogP contribution in [0.4, 0.5) is 0 Å². The first-order valence-corrected chi connectivity index (χ1v) is 6.66. The van der Waals surface area contributed by atoms with Gasteiger partial charge in [0, 0.05) is 17.6 Å². The van der Waals surface area contributed by atoms with Crippen molar-refractivity contribution in [2.45, 2.75) is 26.1 Å². The molecule has 18 heavy (non-hydrogen) atoms. The quantitative estimate of drug-likeness (QED) is 0.784. The van der Waals surface area contributed by atoms with Crippen molar-refractivity contribution in [3.05, 3.63) is 34.3 Å². The second-order valence-electron chi connectivity index (χ2n) is 3.81. The molecule has 0 fully saturated rings. The zero-order valence-corrected chi connectivity index (χ0v) is 12.0. The lowest BCUT2D eigenvalue weighted by atomic mass is 10.2. The average Bonchev–Trinajstić information content (AvgIpc) is 2.36. The molecule has 0 saturated heterocycles. The summed E-state index contributed by atoms with van der Waals surface area (Å²) in [7, 11) is 0. The summed E-state index contributed by atoms with van der Waals surface area (Å²) in [5.74, 6) is -0.293. The van der Waals surface area contributed by atoms with E-state index in [-0.39, 0.29) is 25.1 Å². The van der Waals surface area contributed by atoms with Crippen LogP contribution in [0.2, 0.25) is 0 Å². The molecule has 1 rings (SSSR count). The molecule has 1 aromatic carbocycles. The summed E-state index contributed by atoms with van der Waals surface area (Å²) in [6.45, 7) is 3.00. The SMILES string of the molecule is CCOC(CN)CC(=O)OCc1cccc(Br)c1. The molecule has 0 spiro atoms. The highest BCUT2D eigenvalue weighted by Crippen LogP contribution is 2.12. The Morgan fingerprint density at radius 2 is 2.28 bits per heavy atom. The maximum atomic E-state index is 11.6. The van der Waals surface area contributed by atoms with E-state index in [1.807, 2.05) is 31.2 Å². The number of esters is 1.